The third-order valence-corrected chi connectivity index (χ3v) is 3.50. The lowest BCUT2D eigenvalue weighted by atomic mass is 10.0. The molecule has 0 fully saturated rings. The molecule has 0 spiro atoms. The van der Waals surface area contributed by atoms with E-state index in [0.29, 0.717) is 27.5 Å². The number of pyridine rings is 1. The van der Waals surface area contributed by atoms with Gasteiger partial charge >= 0.3 is 0 Å². The zero-order valence-corrected chi connectivity index (χ0v) is 11.2. The van der Waals surface area contributed by atoms with Crippen LogP contribution in [0.1, 0.15) is 5.56 Å². The van der Waals surface area contributed by atoms with Crippen LogP contribution in [-0.4, -0.2) is 4.98 Å². The molecule has 3 nitrogen and oxygen atoms in total. The van der Waals surface area contributed by atoms with Crippen molar-refractivity contribution in [3.63, 3.8) is 0 Å². The van der Waals surface area contributed by atoms with Gasteiger partial charge in [0.25, 0.3) is 0 Å². The Morgan fingerprint density at radius 1 is 1.05 bits per heavy atom. The summed E-state index contributed by atoms with van der Waals surface area (Å²) < 4.78 is 0. The molecule has 2 aromatic carbocycles. The van der Waals surface area contributed by atoms with Crippen molar-refractivity contribution in [2.45, 2.75) is 0 Å². The standard InChI is InChI=1S/C16H10ClN3/c17-13-7-3-1-5-10(13)16-12(9-18)15(19)11-6-2-4-8-14(11)20-16/h1-8H,(H2,19,20). The highest BCUT2D eigenvalue weighted by Gasteiger charge is 2.15. The summed E-state index contributed by atoms with van der Waals surface area (Å²) in [5, 5.41) is 10.7. The number of aromatic nitrogens is 1. The topological polar surface area (TPSA) is 62.7 Å². The number of halogens is 1. The molecule has 0 radical (unpaired) electrons. The van der Waals surface area contributed by atoms with Crippen molar-refractivity contribution in [3.8, 4) is 17.3 Å². The molecule has 0 saturated heterocycles. The van der Waals surface area contributed by atoms with Crippen molar-refractivity contribution in [3.05, 3.63) is 59.1 Å². The molecule has 96 valence electrons. The Morgan fingerprint density at radius 3 is 2.50 bits per heavy atom. The highest BCUT2D eigenvalue weighted by atomic mass is 35.5. The molecular formula is C16H10ClN3. The molecule has 0 aliphatic carbocycles. The number of para-hydroxylation sites is 1. The van der Waals surface area contributed by atoms with Gasteiger partial charge < -0.3 is 5.73 Å². The van der Waals surface area contributed by atoms with Crippen molar-refractivity contribution < 1.29 is 0 Å². The summed E-state index contributed by atoms with van der Waals surface area (Å²) in [7, 11) is 0. The first-order chi connectivity index (χ1) is 9.72. The number of hydrogen-bond acceptors (Lipinski definition) is 3. The zero-order chi connectivity index (χ0) is 14.1. The van der Waals surface area contributed by atoms with Crippen LogP contribution in [0.15, 0.2) is 48.5 Å². The van der Waals surface area contributed by atoms with E-state index in [1.54, 1.807) is 6.07 Å². The van der Waals surface area contributed by atoms with Gasteiger partial charge in [0.15, 0.2) is 0 Å². The second-order valence-corrected chi connectivity index (χ2v) is 4.77. The summed E-state index contributed by atoms with van der Waals surface area (Å²) in [6, 6.07) is 16.9. The molecule has 0 aliphatic rings. The molecule has 1 aromatic heterocycles. The van der Waals surface area contributed by atoms with E-state index in [0.717, 1.165) is 10.9 Å². The minimum Gasteiger partial charge on any atom is -0.397 e. The van der Waals surface area contributed by atoms with Gasteiger partial charge in [-0.15, -0.1) is 0 Å². The van der Waals surface area contributed by atoms with Gasteiger partial charge in [0, 0.05) is 10.9 Å². The van der Waals surface area contributed by atoms with Crippen LogP contribution in [0.25, 0.3) is 22.2 Å². The highest BCUT2D eigenvalue weighted by molar-refractivity contribution is 6.33. The fourth-order valence-corrected chi connectivity index (χ4v) is 2.42. The number of nitrogens with two attached hydrogens (primary N) is 1. The van der Waals surface area contributed by atoms with E-state index in [2.05, 4.69) is 11.1 Å². The number of fused-ring (bicyclic) bond motifs is 1. The van der Waals surface area contributed by atoms with Crippen LogP contribution in [0.4, 0.5) is 5.69 Å². The quantitative estimate of drug-likeness (QED) is 0.732. The summed E-state index contributed by atoms with van der Waals surface area (Å²) in [5.41, 5.74) is 8.89. The summed E-state index contributed by atoms with van der Waals surface area (Å²) in [6.07, 6.45) is 0. The number of nitrogen functional groups attached to an aromatic ring is 1. The predicted octanol–water partition coefficient (Wildman–Crippen LogP) is 4.01. The summed E-state index contributed by atoms with van der Waals surface area (Å²) >= 11 is 6.20. The van der Waals surface area contributed by atoms with Gasteiger partial charge in [-0.05, 0) is 12.1 Å². The van der Waals surface area contributed by atoms with Crippen molar-refractivity contribution in [1.82, 2.24) is 4.98 Å². The molecule has 3 aromatic rings. The number of anilines is 1. The minimum absolute atomic E-state index is 0.358. The maximum absolute atomic E-state index is 9.40. The van der Waals surface area contributed by atoms with Crippen molar-refractivity contribution >= 4 is 28.2 Å². The fraction of sp³-hybridized carbons (Fsp3) is 0. The van der Waals surface area contributed by atoms with Crippen molar-refractivity contribution in [2.24, 2.45) is 0 Å². The fourth-order valence-electron chi connectivity index (χ4n) is 2.20. The first-order valence-corrected chi connectivity index (χ1v) is 6.43. The highest BCUT2D eigenvalue weighted by Crippen LogP contribution is 2.34. The van der Waals surface area contributed by atoms with Gasteiger partial charge in [0.2, 0.25) is 0 Å². The maximum Gasteiger partial charge on any atom is 0.104 e. The van der Waals surface area contributed by atoms with E-state index >= 15 is 0 Å². The number of hydrogen-bond donors (Lipinski definition) is 1. The molecule has 0 amide bonds. The molecule has 4 heteroatoms. The summed E-state index contributed by atoms with van der Waals surface area (Å²) in [4.78, 5) is 4.55. The van der Waals surface area contributed by atoms with E-state index < -0.39 is 0 Å². The first-order valence-electron chi connectivity index (χ1n) is 6.05. The van der Waals surface area contributed by atoms with Crippen LogP contribution < -0.4 is 5.73 Å². The van der Waals surface area contributed by atoms with E-state index in [4.69, 9.17) is 17.3 Å². The largest absolute Gasteiger partial charge is 0.397 e. The normalized spacial score (nSPS) is 10.4. The van der Waals surface area contributed by atoms with Gasteiger partial charge in [0.05, 0.1) is 21.9 Å². The third-order valence-electron chi connectivity index (χ3n) is 3.17. The molecule has 0 aliphatic heterocycles. The van der Waals surface area contributed by atoms with E-state index in [9.17, 15) is 5.26 Å². The lowest BCUT2D eigenvalue weighted by Gasteiger charge is -2.10. The molecule has 3 rings (SSSR count). The van der Waals surface area contributed by atoms with Crippen molar-refractivity contribution in [2.75, 3.05) is 5.73 Å². The Bertz CT molecular complexity index is 850. The molecule has 2 N–H and O–H groups in total. The average Bonchev–Trinajstić information content (AvgIpc) is 2.48. The molecular weight excluding hydrogens is 270 g/mol. The van der Waals surface area contributed by atoms with Gasteiger partial charge in [0.1, 0.15) is 11.6 Å². The van der Waals surface area contributed by atoms with Crippen LogP contribution in [0, 0.1) is 11.3 Å². The Morgan fingerprint density at radius 2 is 1.75 bits per heavy atom. The predicted molar refractivity (Wildman–Crippen MR) is 81.3 cm³/mol. The second-order valence-electron chi connectivity index (χ2n) is 4.36. The molecule has 20 heavy (non-hydrogen) atoms. The summed E-state index contributed by atoms with van der Waals surface area (Å²) in [6.45, 7) is 0. The van der Waals surface area contributed by atoms with Gasteiger partial charge in [-0.1, -0.05) is 48.0 Å². The average molecular weight is 280 g/mol. The van der Waals surface area contributed by atoms with Crippen LogP contribution >= 0.6 is 11.6 Å². The number of benzene rings is 2. The Hall–Kier alpha value is -2.57. The van der Waals surface area contributed by atoms with E-state index in [1.807, 2.05) is 42.5 Å². The van der Waals surface area contributed by atoms with Gasteiger partial charge in [-0.3, -0.25) is 0 Å². The zero-order valence-electron chi connectivity index (χ0n) is 10.5. The summed E-state index contributed by atoms with van der Waals surface area (Å²) in [5.74, 6) is 0. The SMILES string of the molecule is N#Cc1c(-c2ccccc2Cl)nc2ccccc2c1N. The molecule has 0 saturated carbocycles. The number of nitriles is 1. The Balaban J connectivity index is 2.42. The smallest absolute Gasteiger partial charge is 0.104 e. The minimum atomic E-state index is 0.358. The van der Waals surface area contributed by atoms with Crippen LogP contribution in [0.5, 0.6) is 0 Å². The van der Waals surface area contributed by atoms with Crippen LogP contribution in [0.2, 0.25) is 5.02 Å². The van der Waals surface area contributed by atoms with Gasteiger partial charge in [-0.2, -0.15) is 5.26 Å². The van der Waals surface area contributed by atoms with Crippen LogP contribution in [-0.2, 0) is 0 Å². The van der Waals surface area contributed by atoms with Gasteiger partial charge in [-0.25, -0.2) is 4.98 Å². The second kappa shape index (κ2) is 4.84. The number of rotatable bonds is 1. The molecule has 0 unspecified atom stereocenters. The molecule has 1 heterocycles. The maximum atomic E-state index is 9.40. The Kier molecular flexibility index (Phi) is 3.02. The molecule has 0 bridgehead atoms. The van der Waals surface area contributed by atoms with Crippen LogP contribution in [0.3, 0.4) is 0 Å². The third kappa shape index (κ3) is 1.87. The Labute approximate surface area is 121 Å². The first kappa shape index (κ1) is 12.5. The number of nitrogens with zero attached hydrogens (tertiary/aromatic N) is 2. The monoisotopic (exact) mass is 279 g/mol. The molecule has 0 atom stereocenters. The lowest BCUT2D eigenvalue weighted by molar-refractivity contribution is 1.36. The van der Waals surface area contributed by atoms with E-state index in [-0.39, 0.29) is 0 Å². The van der Waals surface area contributed by atoms with E-state index in [1.165, 1.54) is 0 Å². The lowest BCUT2D eigenvalue weighted by Crippen LogP contribution is -1.99. The van der Waals surface area contributed by atoms with Crippen molar-refractivity contribution in [1.29, 1.82) is 5.26 Å².